The Morgan fingerprint density at radius 1 is 1.47 bits per heavy atom. The molecule has 0 radical (unpaired) electrons. The average molecular weight is 202 g/mol. The zero-order chi connectivity index (χ0) is 10.3. The summed E-state index contributed by atoms with van der Waals surface area (Å²) in [5.41, 5.74) is 7.88. The van der Waals surface area contributed by atoms with Gasteiger partial charge < -0.3 is 10.3 Å². The third kappa shape index (κ3) is 1.56. The molecule has 2 aromatic rings. The van der Waals surface area contributed by atoms with E-state index in [1.807, 2.05) is 6.07 Å². The highest BCUT2D eigenvalue weighted by Crippen LogP contribution is 2.33. The molecule has 1 aliphatic rings. The molecule has 78 valence electrons. The van der Waals surface area contributed by atoms with Gasteiger partial charge in [0.25, 0.3) is 0 Å². The Labute approximate surface area is 88.1 Å². The summed E-state index contributed by atoms with van der Waals surface area (Å²) >= 11 is 0. The lowest BCUT2D eigenvalue weighted by atomic mass is 10.3. The largest absolute Gasteiger partial charge is 0.369 e. The molecule has 2 aromatic heterocycles. The molecule has 0 bridgehead atoms. The molecule has 15 heavy (non-hydrogen) atoms. The van der Waals surface area contributed by atoms with Crippen LogP contribution >= 0.6 is 0 Å². The predicted molar refractivity (Wildman–Crippen MR) is 59.3 cm³/mol. The van der Waals surface area contributed by atoms with E-state index in [4.69, 9.17) is 5.73 Å². The van der Waals surface area contributed by atoms with Gasteiger partial charge in [-0.15, -0.1) is 0 Å². The van der Waals surface area contributed by atoms with Gasteiger partial charge in [-0.1, -0.05) is 12.8 Å². The van der Waals surface area contributed by atoms with Crippen molar-refractivity contribution in [3.05, 3.63) is 18.5 Å². The summed E-state index contributed by atoms with van der Waals surface area (Å²) in [6, 6.07) is 1.98. The van der Waals surface area contributed by atoms with E-state index >= 15 is 0 Å². The van der Waals surface area contributed by atoms with Gasteiger partial charge in [0.05, 0.1) is 11.7 Å². The van der Waals surface area contributed by atoms with Crippen LogP contribution in [0.15, 0.2) is 18.5 Å². The third-order valence-electron chi connectivity index (χ3n) is 3.04. The van der Waals surface area contributed by atoms with E-state index < -0.39 is 0 Å². The number of rotatable bonds is 3. The highest BCUT2D eigenvalue weighted by atomic mass is 15.2. The summed E-state index contributed by atoms with van der Waals surface area (Å²) in [5, 5.41) is 0. The highest BCUT2D eigenvalue weighted by molar-refractivity contribution is 5.76. The van der Waals surface area contributed by atoms with Crippen molar-refractivity contribution >= 4 is 17.0 Å². The normalized spacial score (nSPS) is 16.0. The van der Waals surface area contributed by atoms with Crippen LogP contribution < -0.4 is 5.73 Å². The summed E-state index contributed by atoms with van der Waals surface area (Å²) in [5.74, 6) is 1.53. The lowest BCUT2D eigenvalue weighted by Gasteiger charge is -2.04. The van der Waals surface area contributed by atoms with E-state index in [2.05, 4.69) is 14.5 Å². The van der Waals surface area contributed by atoms with Crippen LogP contribution in [0.5, 0.6) is 0 Å². The smallest absolute Gasteiger partial charge is 0.201 e. The number of hydrogen-bond acceptors (Lipinski definition) is 3. The number of pyridine rings is 1. The molecule has 0 aliphatic heterocycles. The van der Waals surface area contributed by atoms with Crippen molar-refractivity contribution in [3.63, 3.8) is 0 Å². The van der Waals surface area contributed by atoms with Gasteiger partial charge in [0.1, 0.15) is 5.52 Å². The molecule has 0 aromatic carbocycles. The average Bonchev–Trinajstić information content (AvgIpc) is 3.00. The van der Waals surface area contributed by atoms with E-state index in [-0.39, 0.29) is 0 Å². The van der Waals surface area contributed by atoms with Crippen LogP contribution in [0.1, 0.15) is 19.3 Å². The summed E-state index contributed by atoms with van der Waals surface area (Å²) in [6.07, 6.45) is 7.54. The Hall–Kier alpha value is -1.58. The van der Waals surface area contributed by atoms with Crippen molar-refractivity contribution in [2.75, 3.05) is 5.73 Å². The Morgan fingerprint density at radius 2 is 2.33 bits per heavy atom. The molecular formula is C11H14N4. The molecule has 1 aliphatic carbocycles. The first-order valence-corrected chi connectivity index (χ1v) is 5.40. The van der Waals surface area contributed by atoms with Gasteiger partial charge in [0.2, 0.25) is 5.95 Å². The fourth-order valence-corrected chi connectivity index (χ4v) is 1.95. The molecule has 4 heteroatoms. The SMILES string of the molecule is Nc1nc2cnccc2n1CCC1CC1. The Kier molecular flexibility index (Phi) is 1.87. The number of fused-ring (bicyclic) bond motifs is 1. The molecule has 2 N–H and O–H groups in total. The second kappa shape index (κ2) is 3.22. The summed E-state index contributed by atoms with van der Waals surface area (Å²) in [4.78, 5) is 8.33. The fraction of sp³-hybridized carbons (Fsp3) is 0.455. The fourth-order valence-electron chi connectivity index (χ4n) is 1.95. The summed E-state index contributed by atoms with van der Waals surface area (Å²) in [7, 11) is 0. The molecule has 0 saturated heterocycles. The third-order valence-corrected chi connectivity index (χ3v) is 3.04. The minimum absolute atomic E-state index is 0.610. The van der Waals surface area contributed by atoms with Crippen LogP contribution in [0.3, 0.4) is 0 Å². The zero-order valence-corrected chi connectivity index (χ0v) is 8.56. The molecule has 0 spiro atoms. The van der Waals surface area contributed by atoms with Crippen LogP contribution in [0, 0.1) is 5.92 Å². The molecule has 0 amide bonds. The highest BCUT2D eigenvalue weighted by Gasteiger charge is 2.21. The number of aryl methyl sites for hydroxylation is 1. The van der Waals surface area contributed by atoms with E-state index in [9.17, 15) is 0 Å². The zero-order valence-electron chi connectivity index (χ0n) is 8.56. The lowest BCUT2D eigenvalue weighted by molar-refractivity contribution is 0.614. The maximum atomic E-state index is 5.88. The molecular weight excluding hydrogens is 188 g/mol. The first-order valence-electron chi connectivity index (χ1n) is 5.40. The minimum atomic E-state index is 0.610. The maximum absolute atomic E-state index is 5.88. The molecule has 1 fully saturated rings. The van der Waals surface area contributed by atoms with Crippen molar-refractivity contribution in [1.82, 2.24) is 14.5 Å². The number of nitrogens with two attached hydrogens (primary N) is 1. The quantitative estimate of drug-likeness (QED) is 0.825. The standard InChI is InChI=1S/C11H14N4/c12-11-14-9-7-13-5-3-10(9)15(11)6-4-8-1-2-8/h3,5,7-8H,1-2,4,6H2,(H2,12,14). The second-order valence-electron chi connectivity index (χ2n) is 4.22. The number of nitrogens with zero attached hydrogens (tertiary/aromatic N) is 3. The molecule has 2 heterocycles. The van der Waals surface area contributed by atoms with E-state index in [1.165, 1.54) is 19.3 Å². The summed E-state index contributed by atoms with van der Waals surface area (Å²) < 4.78 is 2.09. The van der Waals surface area contributed by atoms with Crippen molar-refractivity contribution in [1.29, 1.82) is 0 Å². The van der Waals surface area contributed by atoms with Gasteiger partial charge in [-0.05, 0) is 18.4 Å². The number of imidazole rings is 1. The van der Waals surface area contributed by atoms with E-state index in [1.54, 1.807) is 12.4 Å². The van der Waals surface area contributed by atoms with Gasteiger partial charge in [-0.2, -0.15) is 0 Å². The van der Waals surface area contributed by atoms with Crippen molar-refractivity contribution < 1.29 is 0 Å². The molecule has 4 nitrogen and oxygen atoms in total. The lowest BCUT2D eigenvalue weighted by Crippen LogP contribution is -2.03. The first-order chi connectivity index (χ1) is 7.34. The monoisotopic (exact) mass is 202 g/mol. The molecule has 1 saturated carbocycles. The van der Waals surface area contributed by atoms with Crippen molar-refractivity contribution in [2.24, 2.45) is 5.92 Å². The Bertz CT molecular complexity index is 484. The number of hydrogen-bond donors (Lipinski definition) is 1. The number of aromatic nitrogens is 3. The van der Waals surface area contributed by atoms with Crippen LogP contribution in [-0.4, -0.2) is 14.5 Å². The Balaban J connectivity index is 1.95. The van der Waals surface area contributed by atoms with Gasteiger partial charge in [-0.3, -0.25) is 4.98 Å². The molecule has 0 atom stereocenters. The van der Waals surface area contributed by atoms with Crippen LogP contribution in [0.4, 0.5) is 5.95 Å². The first kappa shape index (κ1) is 8.71. The van der Waals surface area contributed by atoms with Crippen LogP contribution in [0.25, 0.3) is 11.0 Å². The number of nitrogen functional groups attached to an aromatic ring is 1. The van der Waals surface area contributed by atoms with Gasteiger partial charge >= 0.3 is 0 Å². The second-order valence-corrected chi connectivity index (χ2v) is 4.22. The van der Waals surface area contributed by atoms with Crippen LogP contribution in [0.2, 0.25) is 0 Å². The van der Waals surface area contributed by atoms with Gasteiger partial charge in [0, 0.05) is 12.7 Å². The van der Waals surface area contributed by atoms with E-state index in [0.717, 1.165) is 23.5 Å². The minimum Gasteiger partial charge on any atom is -0.369 e. The summed E-state index contributed by atoms with van der Waals surface area (Å²) in [6.45, 7) is 0.983. The van der Waals surface area contributed by atoms with E-state index in [0.29, 0.717) is 5.95 Å². The predicted octanol–water partition coefficient (Wildman–Crippen LogP) is 1.81. The van der Waals surface area contributed by atoms with Gasteiger partial charge in [0.15, 0.2) is 0 Å². The molecule has 0 unspecified atom stereocenters. The van der Waals surface area contributed by atoms with Crippen LogP contribution in [-0.2, 0) is 6.54 Å². The maximum Gasteiger partial charge on any atom is 0.201 e. The van der Waals surface area contributed by atoms with Gasteiger partial charge in [-0.25, -0.2) is 4.98 Å². The Morgan fingerprint density at radius 3 is 3.13 bits per heavy atom. The van der Waals surface area contributed by atoms with Crippen molar-refractivity contribution in [2.45, 2.75) is 25.8 Å². The topological polar surface area (TPSA) is 56.7 Å². The number of anilines is 1. The van der Waals surface area contributed by atoms with Crippen molar-refractivity contribution in [3.8, 4) is 0 Å². The molecule has 3 rings (SSSR count).